The molecule has 0 saturated heterocycles. The van der Waals surface area contributed by atoms with Crippen LogP contribution in [0.4, 0.5) is 0 Å². The fraction of sp³-hybridized carbons (Fsp3) is 0.278. The lowest BCUT2D eigenvalue weighted by Gasteiger charge is -2.11. The molecule has 2 aromatic carbocycles. The van der Waals surface area contributed by atoms with Crippen LogP contribution in [0.5, 0.6) is 5.75 Å². The monoisotopic (exact) mass is 302 g/mol. The number of hydrogen-bond acceptors (Lipinski definition) is 2. The number of Topliss-reactive ketones (excluding diaryl/α,β-unsaturated/α-hetero) is 1. The molecule has 3 heteroatoms. The molecule has 2 rings (SSSR count). The van der Waals surface area contributed by atoms with E-state index in [2.05, 4.69) is 13.8 Å². The summed E-state index contributed by atoms with van der Waals surface area (Å²) in [5.74, 6) is 1.12. The molecule has 0 aromatic heterocycles. The highest BCUT2D eigenvalue weighted by Gasteiger charge is 2.12. The summed E-state index contributed by atoms with van der Waals surface area (Å²) in [6.07, 6.45) is 0.341. The van der Waals surface area contributed by atoms with Crippen LogP contribution in [0.25, 0.3) is 0 Å². The van der Waals surface area contributed by atoms with Gasteiger partial charge in [0.2, 0.25) is 0 Å². The van der Waals surface area contributed by atoms with E-state index in [4.69, 9.17) is 16.3 Å². The molecule has 0 amide bonds. The normalized spacial score (nSPS) is 10.7. The first kappa shape index (κ1) is 15.6. The van der Waals surface area contributed by atoms with Gasteiger partial charge in [-0.05, 0) is 29.7 Å². The standard InChI is InChI=1S/C18H19ClO2/c1-13(2)12-21-15-8-9-17(19)16(11-15)18(20)10-14-6-4-3-5-7-14/h3-9,11,13H,10,12H2,1-2H3. The van der Waals surface area contributed by atoms with Gasteiger partial charge < -0.3 is 4.74 Å². The SMILES string of the molecule is CC(C)COc1ccc(Cl)c(C(=O)Cc2ccccc2)c1. The first-order valence-corrected chi connectivity index (χ1v) is 7.43. The third-order valence-electron chi connectivity index (χ3n) is 3.03. The van der Waals surface area contributed by atoms with E-state index in [1.807, 2.05) is 30.3 Å². The van der Waals surface area contributed by atoms with Crippen LogP contribution in [0.3, 0.4) is 0 Å². The largest absolute Gasteiger partial charge is 0.493 e. The maximum Gasteiger partial charge on any atom is 0.168 e. The highest BCUT2D eigenvalue weighted by atomic mass is 35.5. The van der Waals surface area contributed by atoms with E-state index in [9.17, 15) is 4.79 Å². The molecule has 0 fully saturated rings. The third-order valence-corrected chi connectivity index (χ3v) is 3.36. The van der Waals surface area contributed by atoms with Crippen molar-refractivity contribution >= 4 is 17.4 Å². The summed E-state index contributed by atoms with van der Waals surface area (Å²) >= 11 is 6.14. The van der Waals surface area contributed by atoms with Crippen LogP contribution < -0.4 is 4.74 Å². The lowest BCUT2D eigenvalue weighted by atomic mass is 10.0. The molecule has 0 aliphatic rings. The molecule has 0 N–H and O–H groups in total. The van der Waals surface area contributed by atoms with Gasteiger partial charge in [0.05, 0.1) is 11.6 Å². The molecule has 0 unspecified atom stereocenters. The Morgan fingerprint density at radius 3 is 2.52 bits per heavy atom. The molecule has 0 heterocycles. The van der Waals surface area contributed by atoms with E-state index in [-0.39, 0.29) is 5.78 Å². The van der Waals surface area contributed by atoms with Crippen molar-refractivity contribution in [1.29, 1.82) is 0 Å². The average Bonchev–Trinajstić information content (AvgIpc) is 2.47. The lowest BCUT2D eigenvalue weighted by molar-refractivity contribution is 0.0992. The summed E-state index contributed by atoms with van der Waals surface area (Å²) in [5.41, 5.74) is 1.49. The highest BCUT2D eigenvalue weighted by molar-refractivity contribution is 6.34. The van der Waals surface area contributed by atoms with Gasteiger partial charge in [-0.15, -0.1) is 0 Å². The van der Waals surface area contributed by atoms with Crippen molar-refractivity contribution in [3.05, 3.63) is 64.7 Å². The second-order valence-electron chi connectivity index (χ2n) is 5.43. The van der Waals surface area contributed by atoms with Crippen molar-refractivity contribution in [3.8, 4) is 5.75 Å². The zero-order chi connectivity index (χ0) is 15.2. The van der Waals surface area contributed by atoms with Gasteiger partial charge >= 0.3 is 0 Å². The van der Waals surface area contributed by atoms with Crippen LogP contribution >= 0.6 is 11.6 Å². The Morgan fingerprint density at radius 2 is 1.86 bits per heavy atom. The summed E-state index contributed by atoms with van der Waals surface area (Å²) in [7, 11) is 0. The third kappa shape index (κ3) is 4.61. The van der Waals surface area contributed by atoms with E-state index in [0.717, 1.165) is 5.56 Å². The first-order chi connectivity index (χ1) is 10.1. The Balaban J connectivity index is 2.14. The van der Waals surface area contributed by atoms with Gasteiger partial charge in [0.15, 0.2) is 5.78 Å². The van der Waals surface area contributed by atoms with Gasteiger partial charge in [-0.3, -0.25) is 4.79 Å². The van der Waals surface area contributed by atoms with E-state index in [1.54, 1.807) is 18.2 Å². The van der Waals surface area contributed by atoms with E-state index >= 15 is 0 Å². The molecule has 0 aliphatic carbocycles. The van der Waals surface area contributed by atoms with Gasteiger partial charge in [-0.25, -0.2) is 0 Å². The average molecular weight is 303 g/mol. The molecule has 0 aliphatic heterocycles. The van der Waals surface area contributed by atoms with E-state index in [0.29, 0.717) is 35.3 Å². The number of carbonyl (C=O) groups is 1. The first-order valence-electron chi connectivity index (χ1n) is 7.05. The minimum Gasteiger partial charge on any atom is -0.493 e. The van der Waals surface area contributed by atoms with E-state index in [1.165, 1.54) is 0 Å². The molecule has 110 valence electrons. The number of hydrogen-bond donors (Lipinski definition) is 0. The van der Waals surface area contributed by atoms with Crippen LogP contribution in [0.2, 0.25) is 5.02 Å². The molecule has 0 saturated carbocycles. The molecular weight excluding hydrogens is 284 g/mol. The predicted octanol–water partition coefficient (Wildman–Crippen LogP) is 4.80. The topological polar surface area (TPSA) is 26.3 Å². The maximum atomic E-state index is 12.4. The minimum absolute atomic E-state index is 0.00111. The quantitative estimate of drug-likeness (QED) is 0.716. The van der Waals surface area contributed by atoms with Crippen molar-refractivity contribution < 1.29 is 9.53 Å². The van der Waals surface area contributed by atoms with Crippen LogP contribution in [-0.4, -0.2) is 12.4 Å². The molecular formula is C18H19ClO2. The number of benzene rings is 2. The Morgan fingerprint density at radius 1 is 1.14 bits per heavy atom. The van der Waals surface area contributed by atoms with Gasteiger partial charge in [-0.2, -0.15) is 0 Å². The molecule has 0 radical (unpaired) electrons. The molecule has 0 spiro atoms. The number of carbonyl (C=O) groups excluding carboxylic acids is 1. The summed E-state index contributed by atoms with van der Waals surface area (Å²) in [5, 5.41) is 0.466. The predicted molar refractivity (Wildman–Crippen MR) is 86.3 cm³/mol. The number of halogens is 1. The molecule has 0 atom stereocenters. The minimum atomic E-state index is 0.00111. The maximum absolute atomic E-state index is 12.4. The zero-order valence-corrected chi connectivity index (χ0v) is 13.1. The zero-order valence-electron chi connectivity index (χ0n) is 12.3. The Kier molecular flexibility index (Phi) is 5.40. The number of rotatable bonds is 6. The van der Waals surface area contributed by atoms with Crippen LogP contribution in [0, 0.1) is 5.92 Å². The molecule has 2 aromatic rings. The summed E-state index contributed by atoms with van der Waals surface area (Å²) in [6, 6.07) is 14.9. The van der Waals surface area contributed by atoms with Gasteiger partial charge in [-0.1, -0.05) is 55.8 Å². The number of ketones is 1. The van der Waals surface area contributed by atoms with Crippen LogP contribution in [0.1, 0.15) is 29.8 Å². The highest BCUT2D eigenvalue weighted by Crippen LogP contribution is 2.24. The van der Waals surface area contributed by atoms with Crippen molar-refractivity contribution in [3.63, 3.8) is 0 Å². The second-order valence-corrected chi connectivity index (χ2v) is 5.84. The van der Waals surface area contributed by atoms with Crippen molar-refractivity contribution in [2.24, 2.45) is 5.92 Å². The van der Waals surface area contributed by atoms with Gasteiger partial charge in [0.25, 0.3) is 0 Å². The van der Waals surface area contributed by atoms with Crippen molar-refractivity contribution in [1.82, 2.24) is 0 Å². The molecule has 2 nitrogen and oxygen atoms in total. The van der Waals surface area contributed by atoms with E-state index < -0.39 is 0 Å². The fourth-order valence-corrected chi connectivity index (χ4v) is 2.17. The van der Waals surface area contributed by atoms with Crippen molar-refractivity contribution in [2.45, 2.75) is 20.3 Å². The lowest BCUT2D eigenvalue weighted by Crippen LogP contribution is -2.07. The van der Waals surface area contributed by atoms with Crippen LogP contribution in [-0.2, 0) is 6.42 Å². The number of ether oxygens (including phenoxy) is 1. The van der Waals surface area contributed by atoms with Gasteiger partial charge in [0.1, 0.15) is 5.75 Å². The van der Waals surface area contributed by atoms with Gasteiger partial charge in [0, 0.05) is 12.0 Å². The summed E-state index contributed by atoms with van der Waals surface area (Å²) < 4.78 is 5.65. The smallest absolute Gasteiger partial charge is 0.168 e. The summed E-state index contributed by atoms with van der Waals surface area (Å²) in [4.78, 5) is 12.4. The second kappa shape index (κ2) is 7.28. The Hall–Kier alpha value is -1.80. The molecule has 21 heavy (non-hydrogen) atoms. The van der Waals surface area contributed by atoms with Crippen LogP contribution in [0.15, 0.2) is 48.5 Å². The Bertz CT molecular complexity index is 606. The molecule has 0 bridgehead atoms. The summed E-state index contributed by atoms with van der Waals surface area (Å²) in [6.45, 7) is 4.78. The fourth-order valence-electron chi connectivity index (χ4n) is 1.95. The van der Waals surface area contributed by atoms with Crippen molar-refractivity contribution in [2.75, 3.05) is 6.61 Å². The Labute approximate surface area is 130 Å².